The molecule has 0 bridgehead atoms. The lowest BCUT2D eigenvalue weighted by Crippen LogP contribution is -2.08. The molecule has 3 aromatic rings. The number of Topliss-reactive ketones (excluding diaryl/α,β-unsaturated/α-hetero) is 1. The smallest absolute Gasteiger partial charge is 0.343 e. The Kier molecular flexibility index (Phi) is 5.25. The van der Waals surface area contributed by atoms with E-state index in [0.717, 1.165) is 0 Å². The second-order valence-electron chi connectivity index (χ2n) is 6.35. The SMILES string of the molecule is COc1cccc(C(=O)Oc2ccc3c(c2)OC(=Cc2c(F)cccc2Cl)C3=O)c1. The average molecular weight is 425 g/mol. The Bertz CT molecular complexity index is 1180. The largest absolute Gasteiger partial charge is 0.497 e. The maximum Gasteiger partial charge on any atom is 0.343 e. The molecule has 3 aromatic carbocycles. The third-order valence-electron chi connectivity index (χ3n) is 4.43. The zero-order valence-corrected chi connectivity index (χ0v) is 16.4. The second kappa shape index (κ2) is 8.00. The van der Waals surface area contributed by atoms with Crippen molar-refractivity contribution < 1.29 is 28.2 Å². The molecule has 30 heavy (non-hydrogen) atoms. The van der Waals surface area contributed by atoms with Gasteiger partial charge < -0.3 is 14.2 Å². The van der Waals surface area contributed by atoms with Gasteiger partial charge in [-0.05, 0) is 48.5 Å². The fourth-order valence-corrected chi connectivity index (χ4v) is 3.14. The zero-order valence-electron chi connectivity index (χ0n) is 15.6. The molecule has 7 heteroatoms. The third-order valence-corrected chi connectivity index (χ3v) is 4.76. The number of benzene rings is 3. The Morgan fingerprint density at radius 1 is 1.07 bits per heavy atom. The molecular weight excluding hydrogens is 411 g/mol. The molecule has 5 nitrogen and oxygen atoms in total. The molecule has 0 N–H and O–H groups in total. The van der Waals surface area contributed by atoms with Crippen LogP contribution in [0.25, 0.3) is 6.08 Å². The number of allylic oxidation sites excluding steroid dienone is 1. The number of carbonyl (C=O) groups is 2. The Morgan fingerprint density at radius 2 is 1.87 bits per heavy atom. The minimum Gasteiger partial charge on any atom is -0.497 e. The standard InChI is InChI=1S/C23H14ClFO5/c1-28-14-5-2-4-13(10-14)23(27)29-15-8-9-16-20(11-15)30-21(22(16)26)12-17-18(24)6-3-7-19(17)25/h2-12H,1H3. The van der Waals surface area contributed by atoms with Crippen LogP contribution in [0, 0.1) is 5.82 Å². The molecule has 1 aliphatic rings. The highest BCUT2D eigenvalue weighted by atomic mass is 35.5. The summed E-state index contributed by atoms with van der Waals surface area (Å²) in [6, 6.07) is 15.1. The van der Waals surface area contributed by atoms with Crippen LogP contribution in [0.2, 0.25) is 5.02 Å². The van der Waals surface area contributed by atoms with E-state index in [1.54, 1.807) is 24.3 Å². The van der Waals surface area contributed by atoms with Crippen LogP contribution in [0.3, 0.4) is 0 Å². The summed E-state index contributed by atoms with van der Waals surface area (Å²) in [6.07, 6.45) is 1.25. The van der Waals surface area contributed by atoms with Crippen molar-refractivity contribution in [2.45, 2.75) is 0 Å². The Balaban J connectivity index is 1.58. The van der Waals surface area contributed by atoms with E-state index >= 15 is 0 Å². The van der Waals surface area contributed by atoms with Gasteiger partial charge in [-0.3, -0.25) is 4.79 Å². The van der Waals surface area contributed by atoms with Crippen LogP contribution >= 0.6 is 11.6 Å². The van der Waals surface area contributed by atoms with Crippen molar-refractivity contribution in [1.82, 2.24) is 0 Å². The van der Waals surface area contributed by atoms with Crippen molar-refractivity contribution in [3.8, 4) is 17.2 Å². The van der Waals surface area contributed by atoms with Crippen LogP contribution in [0.15, 0.2) is 66.4 Å². The number of carbonyl (C=O) groups excluding carboxylic acids is 2. The highest BCUT2D eigenvalue weighted by Gasteiger charge is 2.28. The molecule has 0 amide bonds. The minimum absolute atomic E-state index is 0.0556. The van der Waals surface area contributed by atoms with Gasteiger partial charge in [-0.15, -0.1) is 0 Å². The van der Waals surface area contributed by atoms with E-state index in [1.807, 2.05) is 0 Å². The molecule has 0 radical (unpaired) electrons. The van der Waals surface area contributed by atoms with E-state index < -0.39 is 17.6 Å². The first-order valence-electron chi connectivity index (χ1n) is 8.85. The molecule has 0 aromatic heterocycles. The number of hydrogen-bond donors (Lipinski definition) is 0. The van der Waals surface area contributed by atoms with Gasteiger partial charge in [0.05, 0.1) is 23.3 Å². The molecule has 150 valence electrons. The van der Waals surface area contributed by atoms with Crippen LogP contribution in [-0.4, -0.2) is 18.9 Å². The van der Waals surface area contributed by atoms with E-state index in [4.69, 9.17) is 25.8 Å². The van der Waals surface area contributed by atoms with E-state index in [2.05, 4.69) is 0 Å². The first-order valence-corrected chi connectivity index (χ1v) is 9.22. The quantitative estimate of drug-likeness (QED) is 0.322. The number of rotatable bonds is 4. The Hall–Kier alpha value is -3.64. The lowest BCUT2D eigenvalue weighted by molar-refractivity contribution is 0.0734. The van der Waals surface area contributed by atoms with Gasteiger partial charge in [0.1, 0.15) is 23.1 Å². The fraction of sp³-hybridized carbons (Fsp3) is 0.0435. The number of hydrogen-bond acceptors (Lipinski definition) is 5. The van der Waals surface area contributed by atoms with E-state index in [9.17, 15) is 14.0 Å². The van der Waals surface area contributed by atoms with Gasteiger partial charge in [-0.25, -0.2) is 9.18 Å². The van der Waals surface area contributed by atoms with Crippen molar-refractivity contribution in [3.63, 3.8) is 0 Å². The lowest BCUT2D eigenvalue weighted by atomic mass is 10.1. The zero-order chi connectivity index (χ0) is 21.3. The average Bonchev–Trinajstić information content (AvgIpc) is 3.05. The number of fused-ring (bicyclic) bond motifs is 1. The second-order valence-corrected chi connectivity index (χ2v) is 6.76. The third kappa shape index (κ3) is 3.77. The predicted molar refractivity (Wildman–Crippen MR) is 109 cm³/mol. The molecule has 0 fully saturated rings. The Morgan fingerprint density at radius 3 is 2.63 bits per heavy atom. The minimum atomic E-state index is -0.591. The van der Waals surface area contributed by atoms with Crippen LogP contribution in [0.4, 0.5) is 4.39 Å². The Labute approximate surface area is 176 Å². The van der Waals surface area contributed by atoms with Crippen molar-refractivity contribution in [1.29, 1.82) is 0 Å². The van der Waals surface area contributed by atoms with E-state index in [1.165, 1.54) is 49.6 Å². The molecule has 0 saturated heterocycles. The number of methoxy groups -OCH3 is 1. The summed E-state index contributed by atoms with van der Waals surface area (Å²) >= 11 is 6.01. The van der Waals surface area contributed by atoms with E-state index in [-0.39, 0.29) is 33.4 Å². The van der Waals surface area contributed by atoms with Gasteiger partial charge in [0.25, 0.3) is 0 Å². The molecule has 0 unspecified atom stereocenters. The van der Waals surface area contributed by atoms with Crippen molar-refractivity contribution in [3.05, 3.63) is 94.0 Å². The van der Waals surface area contributed by atoms with Crippen LogP contribution < -0.4 is 14.2 Å². The van der Waals surface area contributed by atoms with Gasteiger partial charge in [0.2, 0.25) is 5.78 Å². The first-order chi connectivity index (χ1) is 14.5. The predicted octanol–water partition coefficient (Wildman–Crippen LogP) is 5.32. The number of ketones is 1. The van der Waals surface area contributed by atoms with Crippen molar-refractivity contribution in [2.75, 3.05) is 7.11 Å². The number of ether oxygens (including phenoxy) is 3. The monoisotopic (exact) mass is 424 g/mol. The molecule has 4 rings (SSSR count). The molecular formula is C23H14ClFO5. The number of halogens is 2. The lowest BCUT2D eigenvalue weighted by Gasteiger charge is -2.07. The van der Waals surface area contributed by atoms with Crippen LogP contribution in [-0.2, 0) is 0 Å². The fourth-order valence-electron chi connectivity index (χ4n) is 2.93. The summed E-state index contributed by atoms with van der Waals surface area (Å²) < 4.78 is 30.1. The van der Waals surface area contributed by atoms with Gasteiger partial charge in [-0.2, -0.15) is 0 Å². The highest BCUT2D eigenvalue weighted by Crippen LogP contribution is 2.36. The molecule has 0 saturated carbocycles. The van der Waals surface area contributed by atoms with Crippen LogP contribution in [0.5, 0.6) is 17.2 Å². The maximum atomic E-state index is 14.0. The number of esters is 1. The van der Waals surface area contributed by atoms with Gasteiger partial charge in [0, 0.05) is 11.6 Å². The first kappa shape index (κ1) is 19.7. The maximum absolute atomic E-state index is 14.0. The topological polar surface area (TPSA) is 61.8 Å². The summed E-state index contributed by atoms with van der Waals surface area (Å²) in [5, 5.41) is 0.155. The summed E-state index contributed by atoms with van der Waals surface area (Å²) in [4.78, 5) is 24.9. The van der Waals surface area contributed by atoms with Gasteiger partial charge in [-0.1, -0.05) is 23.7 Å². The molecule has 0 aliphatic carbocycles. The highest BCUT2D eigenvalue weighted by molar-refractivity contribution is 6.32. The summed E-state index contributed by atoms with van der Waals surface area (Å²) in [5.74, 6) is -0.742. The van der Waals surface area contributed by atoms with Crippen LogP contribution in [0.1, 0.15) is 26.3 Å². The normalized spacial score (nSPS) is 13.7. The van der Waals surface area contributed by atoms with Gasteiger partial charge in [0.15, 0.2) is 5.76 Å². The van der Waals surface area contributed by atoms with Gasteiger partial charge >= 0.3 is 5.97 Å². The van der Waals surface area contributed by atoms with Crippen molar-refractivity contribution >= 4 is 29.4 Å². The molecule has 0 atom stereocenters. The summed E-state index contributed by atoms with van der Waals surface area (Å²) in [6.45, 7) is 0. The summed E-state index contributed by atoms with van der Waals surface area (Å²) in [5.41, 5.74) is 0.636. The van der Waals surface area contributed by atoms with E-state index in [0.29, 0.717) is 11.3 Å². The molecule has 1 aliphatic heterocycles. The molecule has 0 spiro atoms. The molecule has 1 heterocycles. The van der Waals surface area contributed by atoms with Crippen molar-refractivity contribution in [2.24, 2.45) is 0 Å². The summed E-state index contributed by atoms with van der Waals surface area (Å²) in [7, 11) is 1.50.